The van der Waals surface area contributed by atoms with Crippen molar-refractivity contribution in [2.45, 2.75) is 19.3 Å². The van der Waals surface area contributed by atoms with E-state index in [0.29, 0.717) is 24.7 Å². The van der Waals surface area contributed by atoms with Crippen LogP contribution in [0.25, 0.3) is 10.9 Å². The second kappa shape index (κ2) is 9.39. The Morgan fingerprint density at radius 1 is 1.20 bits per heavy atom. The van der Waals surface area contributed by atoms with E-state index in [1.54, 1.807) is 0 Å². The number of hydrogen-bond acceptors (Lipinski definition) is 4. The summed E-state index contributed by atoms with van der Waals surface area (Å²) in [5.41, 5.74) is 1.18. The van der Waals surface area contributed by atoms with E-state index in [2.05, 4.69) is 26.1 Å². The highest BCUT2D eigenvalue weighted by Gasteiger charge is 2.15. The molecule has 7 nitrogen and oxygen atoms in total. The first-order valence-corrected chi connectivity index (χ1v) is 8.43. The number of amides is 2. The molecule has 0 spiro atoms. The highest BCUT2D eigenvalue weighted by molar-refractivity contribution is 6.04. The number of para-hydroxylation sites is 1. The molecule has 1 aromatic heterocycles. The lowest BCUT2D eigenvalue weighted by Crippen LogP contribution is -2.32. The third-order valence-corrected chi connectivity index (χ3v) is 4.36. The first-order valence-electron chi connectivity index (χ1n) is 8.43. The molecular formula is C17H24ClN5O2. The molecule has 136 valence electrons. The monoisotopic (exact) mass is 365 g/mol. The zero-order valence-corrected chi connectivity index (χ0v) is 14.8. The Balaban J connectivity index is 0.00000225. The van der Waals surface area contributed by atoms with E-state index in [0.717, 1.165) is 30.4 Å². The summed E-state index contributed by atoms with van der Waals surface area (Å²) in [6.45, 7) is 3.12. The van der Waals surface area contributed by atoms with Crippen molar-refractivity contribution in [3.63, 3.8) is 0 Å². The van der Waals surface area contributed by atoms with Crippen molar-refractivity contribution < 1.29 is 9.59 Å². The predicted molar refractivity (Wildman–Crippen MR) is 98.9 cm³/mol. The highest BCUT2D eigenvalue weighted by atomic mass is 35.5. The lowest BCUT2D eigenvalue weighted by atomic mass is 10.1. The Morgan fingerprint density at radius 2 is 2.04 bits per heavy atom. The Bertz CT molecular complexity index is 712. The zero-order chi connectivity index (χ0) is 16.8. The molecule has 1 atom stereocenters. The first kappa shape index (κ1) is 19.2. The lowest BCUT2D eigenvalue weighted by Gasteiger charge is -2.09. The normalized spacial score (nSPS) is 16.4. The molecule has 0 aliphatic carbocycles. The van der Waals surface area contributed by atoms with E-state index >= 15 is 0 Å². The van der Waals surface area contributed by atoms with Crippen molar-refractivity contribution in [3.05, 3.63) is 30.0 Å². The molecular weight excluding hydrogens is 342 g/mol. The van der Waals surface area contributed by atoms with Gasteiger partial charge in [-0.25, -0.2) is 0 Å². The number of carbonyl (C=O) groups excluding carboxylic acids is 2. The molecule has 2 heterocycles. The second-order valence-electron chi connectivity index (χ2n) is 6.12. The Morgan fingerprint density at radius 3 is 2.84 bits per heavy atom. The van der Waals surface area contributed by atoms with Gasteiger partial charge < -0.3 is 16.0 Å². The largest absolute Gasteiger partial charge is 0.356 e. The fourth-order valence-corrected chi connectivity index (χ4v) is 2.97. The number of nitrogens with one attached hydrogen (secondary N) is 4. The summed E-state index contributed by atoms with van der Waals surface area (Å²) < 4.78 is 0. The number of nitrogens with zero attached hydrogens (tertiary/aromatic N) is 1. The van der Waals surface area contributed by atoms with E-state index in [-0.39, 0.29) is 30.6 Å². The summed E-state index contributed by atoms with van der Waals surface area (Å²) in [4.78, 5) is 24.0. The molecule has 1 aliphatic heterocycles. The molecule has 1 unspecified atom stereocenters. The molecule has 3 rings (SSSR count). The van der Waals surface area contributed by atoms with Crippen molar-refractivity contribution >= 4 is 35.1 Å². The number of aromatic amines is 1. The van der Waals surface area contributed by atoms with Crippen LogP contribution in [0.4, 0.5) is 0 Å². The Hall–Kier alpha value is -2.12. The van der Waals surface area contributed by atoms with Crippen molar-refractivity contribution in [3.8, 4) is 0 Å². The number of H-pyrrole nitrogens is 1. The van der Waals surface area contributed by atoms with E-state index in [1.807, 2.05) is 24.3 Å². The van der Waals surface area contributed by atoms with Gasteiger partial charge in [0.1, 0.15) is 0 Å². The number of aromatic nitrogens is 2. The number of hydrogen-bond donors (Lipinski definition) is 4. The highest BCUT2D eigenvalue weighted by Crippen LogP contribution is 2.14. The van der Waals surface area contributed by atoms with Gasteiger partial charge >= 0.3 is 0 Å². The van der Waals surface area contributed by atoms with Crippen LogP contribution in [-0.4, -0.2) is 48.2 Å². The van der Waals surface area contributed by atoms with E-state index < -0.39 is 0 Å². The van der Waals surface area contributed by atoms with Gasteiger partial charge in [-0.1, -0.05) is 18.2 Å². The smallest absolute Gasteiger partial charge is 0.272 e. The van der Waals surface area contributed by atoms with Crippen LogP contribution in [0.2, 0.25) is 0 Å². The SMILES string of the molecule is Cl.O=C(CCNC(=O)c1n[nH]c2ccccc12)NCCC1CCNC1. The van der Waals surface area contributed by atoms with Crippen LogP contribution in [0.1, 0.15) is 29.8 Å². The molecule has 1 aliphatic rings. The van der Waals surface area contributed by atoms with Gasteiger partial charge in [-0.2, -0.15) is 5.10 Å². The van der Waals surface area contributed by atoms with Gasteiger partial charge in [0.05, 0.1) is 5.52 Å². The van der Waals surface area contributed by atoms with Crippen molar-refractivity contribution in [1.29, 1.82) is 0 Å². The van der Waals surface area contributed by atoms with Crippen LogP contribution >= 0.6 is 12.4 Å². The van der Waals surface area contributed by atoms with Gasteiger partial charge in [0.15, 0.2) is 5.69 Å². The molecule has 0 radical (unpaired) electrons. The fraction of sp³-hybridized carbons (Fsp3) is 0.471. The van der Waals surface area contributed by atoms with Crippen molar-refractivity contribution in [1.82, 2.24) is 26.1 Å². The summed E-state index contributed by atoms with van der Waals surface area (Å²) in [7, 11) is 0. The number of fused-ring (bicyclic) bond motifs is 1. The number of halogens is 1. The number of benzene rings is 1. The second-order valence-corrected chi connectivity index (χ2v) is 6.12. The molecule has 4 N–H and O–H groups in total. The molecule has 0 bridgehead atoms. The average molecular weight is 366 g/mol. The van der Waals surface area contributed by atoms with Crippen LogP contribution in [-0.2, 0) is 4.79 Å². The summed E-state index contributed by atoms with van der Waals surface area (Å²) >= 11 is 0. The average Bonchev–Trinajstić information content (AvgIpc) is 3.24. The number of carbonyl (C=O) groups is 2. The number of rotatable bonds is 7. The van der Waals surface area contributed by atoms with Gasteiger partial charge in [0.25, 0.3) is 5.91 Å². The Kier molecular flexibility index (Phi) is 7.21. The van der Waals surface area contributed by atoms with Crippen LogP contribution in [0, 0.1) is 5.92 Å². The molecule has 8 heteroatoms. The van der Waals surface area contributed by atoms with E-state index in [9.17, 15) is 9.59 Å². The van der Waals surface area contributed by atoms with Crippen LogP contribution < -0.4 is 16.0 Å². The van der Waals surface area contributed by atoms with Gasteiger partial charge in [-0.15, -0.1) is 12.4 Å². The molecule has 1 aromatic carbocycles. The van der Waals surface area contributed by atoms with Crippen LogP contribution in [0.5, 0.6) is 0 Å². The topological polar surface area (TPSA) is 98.9 Å². The van der Waals surface area contributed by atoms with Crippen LogP contribution in [0.15, 0.2) is 24.3 Å². The zero-order valence-electron chi connectivity index (χ0n) is 14.0. The molecule has 2 amide bonds. The van der Waals surface area contributed by atoms with Gasteiger partial charge in [0, 0.05) is 24.9 Å². The quantitative estimate of drug-likeness (QED) is 0.593. The van der Waals surface area contributed by atoms with E-state index in [1.165, 1.54) is 6.42 Å². The van der Waals surface area contributed by atoms with Gasteiger partial charge in [0.2, 0.25) is 5.91 Å². The molecule has 1 saturated heterocycles. The molecule has 1 fully saturated rings. The Labute approximate surface area is 152 Å². The minimum atomic E-state index is -0.266. The lowest BCUT2D eigenvalue weighted by molar-refractivity contribution is -0.120. The first-order chi connectivity index (χ1) is 11.7. The summed E-state index contributed by atoms with van der Waals surface area (Å²) in [5, 5.41) is 16.6. The fourth-order valence-electron chi connectivity index (χ4n) is 2.97. The third-order valence-electron chi connectivity index (χ3n) is 4.36. The van der Waals surface area contributed by atoms with Crippen molar-refractivity contribution in [2.24, 2.45) is 5.92 Å². The summed E-state index contributed by atoms with van der Waals surface area (Å²) in [6, 6.07) is 7.46. The molecule has 2 aromatic rings. The third kappa shape index (κ3) is 5.17. The maximum absolute atomic E-state index is 12.2. The molecule has 25 heavy (non-hydrogen) atoms. The maximum atomic E-state index is 12.2. The van der Waals surface area contributed by atoms with Gasteiger partial charge in [-0.3, -0.25) is 14.7 Å². The minimum absolute atomic E-state index is 0. The standard InChI is InChI=1S/C17H23N5O2.ClH/c23-15(19-9-6-12-5-8-18-11-12)7-10-20-17(24)16-13-3-1-2-4-14(13)21-22-16;/h1-4,12,18H,5-11H2,(H,19,23)(H,20,24)(H,21,22);1H. The van der Waals surface area contributed by atoms with E-state index in [4.69, 9.17) is 0 Å². The minimum Gasteiger partial charge on any atom is -0.356 e. The summed E-state index contributed by atoms with van der Waals surface area (Å²) in [5.74, 6) is 0.364. The summed E-state index contributed by atoms with van der Waals surface area (Å²) in [6.07, 6.45) is 2.46. The van der Waals surface area contributed by atoms with Gasteiger partial charge in [-0.05, 0) is 37.9 Å². The van der Waals surface area contributed by atoms with Crippen molar-refractivity contribution in [2.75, 3.05) is 26.2 Å². The molecule has 0 saturated carbocycles. The predicted octanol–water partition coefficient (Wildman–Crippen LogP) is 1.22. The maximum Gasteiger partial charge on any atom is 0.272 e. The van der Waals surface area contributed by atoms with Crippen LogP contribution in [0.3, 0.4) is 0 Å².